The van der Waals surface area contributed by atoms with Crippen LogP contribution in [0.25, 0.3) is 55.8 Å². The number of aromatic nitrogens is 3. The van der Waals surface area contributed by atoms with Gasteiger partial charge in [0.2, 0.25) is 0 Å². The molecule has 0 amide bonds. The summed E-state index contributed by atoms with van der Waals surface area (Å²) in [7, 11) is 0. The lowest BCUT2D eigenvalue weighted by Gasteiger charge is -2.34. The van der Waals surface area contributed by atoms with Crippen LogP contribution in [0, 0.1) is 5.92 Å². The fourth-order valence-electron chi connectivity index (χ4n) is 9.14. The van der Waals surface area contributed by atoms with Gasteiger partial charge in [0.05, 0.1) is 5.69 Å². The summed E-state index contributed by atoms with van der Waals surface area (Å²) in [5, 5.41) is 2.56. The van der Waals surface area contributed by atoms with Crippen LogP contribution >= 0.6 is 0 Å². The highest BCUT2D eigenvalue weighted by molar-refractivity contribution is 6.06. The zero-order chi connectivity index (χ0) is 37.7. The van der Waals surface area contributed by atoms with Gasteiger partial charge in [0.15, 0.2) is 17.5 Å². The Morgan fingerprint density at radius 1 is 0.561 bits per heavy atom. The van der Waals surface area contributed by atoms with Crippen LogP contribution in [-0.2, 0) is 0 Å². The van der Waals surface area contributed by atoms with Gasteiger partial charge in [-0.05, 0) is 86.9 Å². The molecule has 1 aromatic heterocycles. The van der Waals surface area contributed by atoms with Crippen molar-refractivity contribution in [2.75, 3.05) is 4.90 Å². The third kappa shape index (κ3) is 5.72. The predicted molar refractivity (Wildman–Crippen MR) is 235 cm³/mol. The average molecular weight is 731 g/mol. The quantitative estimate of drug-likeness (QED) is 0.171. The first kappa shape index (κ1) is 33.2. The van der Waals surface area contributed by atoms with Gasteiger partial charge in [0.1, 0.15) is 0 Å². The molecule has 11 rings (SSSR count). The molecular formula is C53H38N4. The van der Waals surface area contributed by atoms with Crippen molar-refractivity contribution in [3.8, 4) is 33.9 Å². The van der Waals surface area contributed by atoms with Crippen molar-refractivity contribution in [2.45, 2.75) is 18.8 Å². The Morgan fingerprint density at radius 2 is 1.23 bits per heavy atom. The summed E-state index contributed by atoms with van der Waals surface area (Å²) < 4.78 is 0. The fourth-order valence-corrected chi connectivity index (χ4v) is 9.14. The van der Waals surface area contributed by atoms with Crippen LogP contribution in [0.3, 0.4) is 0 Å². The van der Waals surface area contributed by atoms with Crippen molar-refractivity contribution in [3.63, 3.8) is 0 Å². The Bertz CT molecular complexity index is 2900. The molecule has 0 N–H and O–H groups in total. The molecule has 4 nitrogen and oxygen atoms in total. The Morgan fingerprint density at radius 3 is 1.98 bits per heavy atom. The van der Waals surface area contributed by atoms with Crippen molar-refractivity contribution >= 4 is 33.3 Å². The van der Waals surface area contributed by atoms with Crippen LogP contribution in [-0.4, -0.2) is 15.0 Å². The largest absolute Gasteiger partial charge is 0.313 e. The predicted octanol–water partition coefficient (Wildman–Crippen LogP) is 13.1. The van der Waals surface area contributed by atoms with Gasteiger partial charge in [0, 0.05) is 34.3 Å². The number of nitrogens with zero attached hydrogens (tertiary/aromatic N) is 4. The van der Waals surface area contributed by atoms with Gasteiger partial charge in [-0.15, -0.1) is 0 Å². The Labute approximate surface area is 332 Å². The lowest BCUT2D eigenvalue weighted by molar-refractivity contribution is 0.658. The van der Waals surface area contributed by atoms with E-state index in [2.05, 4.69) is 181 Å². The second-order valence-corrected chi connectivity index (χ2v) is 15.0. The van der Waals surface area contributed by atoms with E-state index in [1.54, 1.807) is 0 Å². The summed E-state index contributed by atoms with van der Waals surface area (Å²) in [6.45, 7) is 0. The molecule has 0 fully saturated rings. The number of anilines is 2. The van der Waals surface area contributed by atoms with Gasteiger partial charge < -0.3 is 4.90 Å². The summed E-state index contributed by atoms with van der Waals surface area (Å²) in [6, 6.07) is 52.1. The van der Waals surface area contributed by atoms with Gasteiger partial charge >= 0.3 is 0 Å². The van der Waals surface area contributed by atoms with Gasteiger partial charge in [-0.1, -0.05) is 170 Å². The second-order valence-electron chi connectivity index (χ2n) is 15.0. The highest BCUT2D eigenvalue weighted by Crippen LogP contribution is 2.59. The summed E-state index contributed by atoms with van der Waals surface area (Å²) in [5.74, 6) is 2.36. The molecule has 4 aliphatic rings. The van der Waals surface area contributed by atoms with Gasteiger partial charge in [-0.2, -0.15) is 0 Å². The standard InChI is InChI=1S/C53H38N4/c1-5-18-35(19-6-1)45-33-47-49(43-30-15-13-28-41(43)45)50-44-31-16-14-29-42(44)46(36-20-7-2-8-21-36)34-48(50)57(47)40-27-17-26-39(32-40)53-55-51(37-22-9-3-10-23-37)54-52(56-53)38-24-11-4-12-25-38/h1-11,13-24,26-34,43,49H,12,25H2. The van der Waals surface area contributed by atoms with Crippen LogP contribution in [0.2, 0.25) is 0 Å². The molecule has 0 spiro atoms. The van der Waals surface area contributed by atoms with E-state index in [1.807, 2.05) is 18.2 Å². The number of benzene rings is 6. The molecular weight excluding hydrogens is 693 g/mol. The van der Waals surface area contributed by atoms with Gasteiger partial charge in [-0.25, -0.2) is 15.0 Å². The van der Waals surface area contributed by atoms with Crippen LogP contribution < -0.4 is 4.90 Å². The lowest BCUT2D eigenvalue weighted by atomic mass is 9.71. The molecule has 57 heavy (non-hydrogen) atoms. The topological polar surface area (TPSA) is 41.9 Å². The van der Waals surface area contributed by atoms with E-state index in [4.69, 9.17) is 15.0 Å². The Balaban J connectivity index is 1.15. The highest BCUT2D eigenvalue weighted by atomic mass is 15.2. The van der Waals surface area contributed by atoms with Crippen LogP contribution in [0.1, 0.15) is 35.7 Å². The average Bonchev–Trinajstić information content (AvgIpc) is 3.64. The van der Waals surface area contributed by atoms with E-state index in [-0.39, 0.29) is 11.8 Å². The first-order chi connectivity index (χ1) is 28.3. The Hall–Kier alpha value is -7.17. The molecule has 0 bridgehead atoms. The van der Waals surface area contributed by atoms with Crippen molar-refractivity contribution in [1.29, 1.82) is 0 Å². The highest BCUT2D eigenvalue weighted by Gasteiger charge is 2.44. The summed E-state index contributed by atoms with van der Waals surface area (Å²) >= 11 is 0. The number of hydrogen-bond donors (Lipinski definition) is 0. The lowest BCUT2D eigenvalue weighted by Crippen LogP contribution is -2.23. The summed E-state index contributed by atoms with van der Waals surface area (Å²) in [5.41, 5.74) is 14.2. The van der Waals surface area contributed by atoms with Gasteiger partial charge in [-0.3, -0.25) is 0 Å². The summed E-state index contributed by atoms with van der Waals surface area (Å²) in [6.07, 6.45) is 19.9. The van der Waals surface area contributed by atoms with Crippen molar-refractivity contribution in [1.82, 2.24) is 15.0 Å². The third-order valence-corrected chi connectivity index (χ3v) is 11.7. The molecule has 2 heterocycles. The zero-order valence-corrected chi connectivity index (χ0v) is 31.3. The van der Waals surface area contributed by atoms with E-state index in [1.165, 1.54) is 55.6 Å². The maximum atomic E-state index is 5.16. The van der Waals surface area contributed by atoms with E-state index < -0.39 is 0 Å². The SMILES string of the molecule is C1=CCCC(c2nc(-c3ccccc3)nc(-c3cccc(N4C5=CC(c6ccccc6)=C6C=CC=CC6C5c5c4cc(-c4ccccc4)c4ccccc54)c3)n2)=C1. The number of rotatable bonds is 6. The molecule has 3 aliphatic carbocycles. The van der Waals surface area contributed by atoms with E-state index in [9.17, 15) is 0 Å². The fraction of sp³-hybridized carbons (Fsp3) is 0.0755. The molecule has 1 aliphatic heterocycles. The molecule has 6 aromatic carbocycles. The molecule has 2 atom stereocenters. The minimum absolute atomic E-state index is 0.113. The van der Waals surface area contributed by atoms with Crippen LogP contribution in [0.4, 0.5) is 11.4 Å². The molecule has 0 radical (unpaired) electrons. The number of allylic oxidation sites excluding steroid dienone is 12. The maximum Gasteiger partial charge on any atom is 0.164 e. The van der Waals surface area contributed by atoms with Crippen molar-refractivity contribution in [2.24, 2.45) is 5.92 Å². The number of hydrogen-bond acceptors (Lipinski definition) is 4. The smallest absolute Gasteiger partial charge is 0.164 e. The number of fused-ring (bicyclic) bond motifs is 7. The zero-order valence-electron chi connectivity index (χ0n) is 31.3. The molecule has 0 saturated carbocycles. The van der Waals surface area contributed by atoms with E-state index >= 15 is 0 Å². The molecule has 270 valence electrons. The maximum absolute atomic E-state index is 5.16. The molecule has 4 heteroatoms. The Kier molecular flexibility index (Phi) is 8.06. The van der Waals surface area contributed by atoms with E-state index in [0.717, 1.165) is 41.1 Å². The van der Waals surface area contributed by atoms with Crippen LogP contribution in [0.5, 0.6) is 0 Å². The summed E-state index contributed by atoms with van der Waals surface area (Å²) in [4.78, 5) is 17.8. The van der Waals surface area contributed by atoms with Gasteiger partial charge in [0.25, 0.3) is 0 Å². The van der Waals surface area contributed by atoms with Crippen LogP contribution in [0.15, 0.2) is 205 Å². The first-order valence-electron chi connectivity index (χ1n) is 19.8. The second kappa shape index (κ2) is 13.8. The minimum Gasteiger partial charge on any atom is -0.313 e. The normalized spacial score (nSPS) is 17.9. The van der Waals surface area contributed by atoms with Crippen molar-refractivity contribution < 1.29 is 0 Å². The molecule has 2 unspecified atom stereocenters. The third-order valence-electron chi connectivity index (χ3n) is 11.7. The molecule has 0 saturated heterocycles. The van der Waals surface area contributed by atoms with E-state index in [0.29, 0.717) is 11.6 Å². The van der Waals surface area contributed by atoms with Crippen molar-refractivity contribution in [3.05, 3.63) is 222 Å². The molecule has 7 aromatic rings. The monoisotopic (exact) mass is 730 g/mol. The minimum atomic E-state index is 0.113. The first-order valence-corrected chi connectivity index (χ1v) is 19.8.